The molecule has 1 unspecified atom stereocenters. The highest BCUT2D eigenvalue weighted by Crippen LogP contribution is 2.13. The summed E-state index contributed by atoms with van der Waals surface area (Å²) in [5.41, 5.74) is 1.68. The molecule has 4 nitrogen and oxygen atoms in total. The van der Waals surface area contributed by atoms with Gasteiger partial charge in [0.25, 0.3) is 0 Å². The van der Waals surface area contributed by atoms with Gasteiger partial charge < -0.3 is 9.25 Å². The molecule has 4 heteroatoms. The van der Waals surface area contributed by atoms with Crippen molar-refractivity contribution in [2.75, 3.05) is 13.1 Å². The van der Waals surface area contributed by atoms with Gasteiger partial charge in [0.15, 0.2) is 17.7 Å². The van der Waals surface area contributed by atoms with Gasteiger partial charge in [0.1, 0.15) is 0 Å². The van der Waals surface area contributed by atoms with Gasteiger partial charge in [-0.3, -0.25) is 4.90 Å². The van der Waals surface area contributed by atoms with Crippen LogP contribution in [-0.2, 0) is 4.84 Å². The van der Waals surface area contributed by atoms with Crippen LogP contribution in [0.2, 0.25) is 0 Å². The Morgan fingerprint density at radius 1 is 1.14 bits per heavy atom. The minimum absolute atomic E-state index is 0.0753. The van der Waals surface area contributed by atoms with Crippen molar-refractivity contribution >= 4 is 5.71 Å². The first kappa shape index (κ1) is 15.3. The van der Waals surface area contributed by atoms with Crippen LogP contribution in [0.15, 0.2) is 58.3 Å². The fraction of sp³-hybridized carbons (Fsp3) is 0.353. The molecular formula is C17H22N2O2. The number of hydrogen-bond donors (Lipinski definition) is 0. The average molecular weight is 286 g/mol. The number of rotatable bonds is 7. The van der Waals surface area contributed by atoms with E-state index >= 15 is 0 Å². The molecule has 0 amide bonds. The van der Waals surface area contributed by atoms with E-state index in [1.807, 2.05) is 49.4 Å². The van der Waals surface area contributed by atoms with Crippen molar-refractivity contribution in [1.29, 1.82) is 0 Å². The Hall–Kier alpha value is -2.07. The molecule has 0 N–H and O–H groups in total. The topological polar surface area (TPSA) is 38.0 Å². The zero-order chi connectivity index (χ0) is 15.1. The van der Waals surface area contributed by atoms with Crippen LogP contribution in [0.25, 0.3) is 0 Å². The second-order valence-electron chi connectivity index (χ2n) is 4.71. The van der Waals surface area contributed by atoms with E-state index in [2.05, 4.69) is 23.9 Å². The van der Waals surface area contributed by atoms with Gasteiger partial charge in [-0.2, -0.15) is 0 Å². The summed E-state index contributed by atoms with van der Waals surface area (Å²) >= 11 is 0. The predicted molar refractivity (Wildman–Crippen MR) is 84.3 cm³/mol. The van der Waals surface area contributed by atoms with Crippen molar-refractivity contribution in [1.82, 2.24) is 4.90 Å². The third kappa shape index (κ3) is 3.95. The van der Waals surface area contributed by atoms with Gasteiger partial charge in [-0.1, -0.05) is 49.3 Å². The second-order valence-corrected chi connectivity index (χ2v) is 4.71. The van der Waals surface area contributed by atoms with Crippen molar-refractivity contribution in [2.45, 2.75) is 27.0 Å². The smallest absolute Gasteiger partial charge is 0.178 e. The molecule has 2 aromatic rings. The highest BCUT2D eigenvalue weighted by molar-refractivity contribution is 6.10. The van der Waals surface area contributed by atoms with Crippen molar-refractivity contribution in [3.63, 3.8) is 0 Å². The van der Waals surface area contributed by atoms with Gasteiger partial charge in [-0.05, 0) is 32.1 Å². The Morgan fingerprint density at radius 2 is 1.86 bits per heavy atom. The van der Waals surface area contributed by atoms with Crippen molar-refractivity contribution < 1.29 is 9.25 Å². The van der Waals surface area contributed by atoms with Crippen LogP contribution in [-0.4, -0.2) is 29.9 Å². The van der Waals surface area contributed by atoms with Crippen LogP contribution in [0.4, 0.5) is 0 Å². The number of hydrogen-bond acceptors (Lipinski definition) is 4. The molecule has 0 spiro atoms. The highest BCUT2D eigenvalue weighted by Gasteiger charge is 2.14. The van der Waals surface area contributed by atoms with Gasteiger partial charge in [0.05, 0.1) is 6.26 Å². The first-order chi connectivity index (χ1) is 10.3. The molecule has 1 heterocycles. The molecule has 112 valence electrons. The van der Waals surface area contributed by atoms with Gasteiger partial charge in [0.2, 0.25) is 0 Å². The van der Waals surface area contributed by atoms with Crippen LogP contribution in [0.1, 0.15) is 32.1 Å². The van der Waals surface area contributed by atoms with E-state index in [1.54, 1.807) is 6.26 Å². The van der Waals surface area contributed by atoms with Crippen LogP contribution in [0, 0.1) is 0 Å². The van der Waals surface area contributed by atoms with E-state index in [0.717, 1.165) is 18.7 Å². The molecule has 1 aromatic carbocycles. The molecule has 0 aliphatic rings. The largest absolute Gasteiger partial charge is 0.463 e. The van der Waals surface area contributed by atoms with Crippen LogP contribution in [0.5, 0.6) is 0 Å². The third-order valence-corrected chi connectivity index (χ3v) is 3.42. The van der Waals surface area contributed by atoms with Crippen LogP contribution >= 0.6 is 0 Å². The van der Waals surface area contributed by atoms with Gasteiger partial charge in [-0.25, -0.2) is 0 Å². The molecule has 1 aromatic heterocycles. The van der Waals surface area contributed by atoms with Gasteiger partial charge >= 0.3 is 0 Å². The summed E-state index contributed by atoms with van der Waals surface area (Å²) in [7, 11) is 0. The lowest BCUT2D eigenvalue weighted by Crippen LogP contribution is -2.33. The SMILES string of the molecule is CCN(CC)C(C)ON=C(c1ccccc1)c1ccco1. The minimum Gasteiger partial charge on any atom is -0.463 e. The quantitative estimate of drug-likeness (QED) is 0.442. The fourth-order valence-corrected chi connectivity index (χ4v) is 2.18. The van der Waals surface area contributed by atoms with Gasteiger partial charge in [0, 0.05) is 5.56 Å². The third-order valence-electron chi connectivity index (χ3n) is 3.42. The summed E-state index contributed by atoms with van der Waals surface area (Å²) in [6, 6.07) is 13.6. The number of benzene rings is 1. The van der Waals surface area contributed by atoms with Crippen molar-refractivity contribution in [3.8, 4) is 0 Å². The lowest BCUT2D eigenvalue weighted by molar-refractivity contribution is -0.0405. The maximum absolute atomic E-state index is 5.68. The summed E-state index contributed by atoms with van der Waals surface area (Å²) in [4.78, 5) is 7.87. The molecule has 0 bridgehead atoms. The van der Waals surface area contributed by atoms with E-state index < -0.39 is 0 Å². The van der Waals surface area contributed by atoms with Gasteiger partial charge in [-0.15, -0.1) is 0 Å². The van der Waals surface area contributed by atoms with Crippen molar-refractivity contribution in [2.24, 2.45) is 5.16 Å². The molecule has 21 heavy (non-hydrogen) atoms. The molecule has 0 saturated carbocycles. The van der Waals surface area contributed by atoms with Crippen LogP contribution in [0.3, 0.4) is 0 Å². The molecule has 0 saturated heterocycles. The maximum Gasteiger partial charge on any atom is 0.178 e. The van der Waals surface area contributed by atoms with E-state index in [0.29, 0.717) is 11.5 Å². The van der Waals surface area contributed by atoms with E-state index in [9.17, 15) is 0 Å². The molecule has 0 radical (unpaired) electrons. The lowest BCUT2D eigenvalue weighted by Gasteiger charge is -2.24. The second kappa shape index (κ2) is 7.64. The number of oxime groups is 1. The summed E-state index contributed by atoms with van der Waals surface area (Å²) < 4.78 is 5.47. The van der Waals surface area contributed by atoms with E-state index in [1.165, 1.54) is 0 Å². The molecule has 2 rings (SSSR count). The molecule has 0 aliphatic carbocycles. The Labute approximate surface area is 126 Å². The maximum atomic E-state index is 5.68. The zero-order valence-corrected chi connectivity index (χ0v) is 12.8. The predicted octanol–water partition coefficient (Wildman–Crippen LogP) is 3.74. The Kier molecular flexibility index (Phi) is 5.58. The Morgan fingerprint density at radius 3 is 2.43 bits per heavy atom. The van der Waals surface area contributed by atoms with E-state index in [-0.39, 0.29) is 6.23 Å². The monoisotopic (exact) mass is 286 g/mol. The summed E-state index contributed by atoms with van der Waals surface area (Å²) in [6.07, 6.45) is 1.57. The highest BCUT2D eigenvalue weighted by atomic mass is 16.6. The number of nitrogens with zero attached hydrogens (tertiary/aromatic N) is 2. The summed E-state index contributed by atoms with van der Waals surface area (Å²) in [5, 5.41) is 4.33. The number of furan rings is 1. The Bertz CT molecular complexity index is 545. The molecule has 0 fully saturated rings. The standard InChI is InChI=1S/C17H22N2O2/c1-4-19(5-2)14(3)21-18-17(16-12-9-13-20-16)15-10-7-6-8-11-15/h6-14H,4-5H2,1-3H3. The molecule has 0 aliphatic heterocycles. The normalized spacial score (nSPS) is 13.4. The first-order valence-electron chi connectivity index (χ1n) is 7.33. The molecule has 1 atom stereocenters. The first-order valence-corrected chi connectivity index (χ1v) is 7.33. The van der Waals surface area contributed by atoms with Crippen molar-refractivity contribution in [3.05, 3.63) is 60.1 Å². The zero-order valence-electron chi connectivity index (χ0n) is 12.8. The summed E-state index contributed by atoms with van der Waals surface area (Å²) in [5.74, 6) is 0.702. The van der Waals surface area contributed by atoms with Crippen LogP contribution < -0.4 is 0 Å². The lowest BCUT2D eigenvalue weighted by atomic mass is 10.1. The minimum atomic E-state index is -0.0753. The Balaban J connectivity index is 2.22. The summed E-state index contributed by atoms with van der Waals surface area (Å²) in [6.45, 7) is 8.07. The fourth-order valence-electron chi connectivity index (χ4n) is 2.18. The average Bonchev–Trinajstić information content (AvgIpc) is 3.04. The molecular weight excluding hydrogens is 264 g/mol. The van der Waals surface area contributed by atoms with E-state index in [4.69, 9.17) is 9.25 Å².